The van der Waals surface area contributed by atoms with Crippen molar-refractivity contribution in [1.82, 2.24) is 9.80 Å². The molecule has 0 aromatic carbocycles. The summed E-state index contributed by atoms with van der Waals surface area (Å²) in [7, 11) is 3.02. The zero-order valence-electron chi connectivity index (χ0n) is 18.3. The van der Waals surface area contributed by atoms with Crippen LogP contribution >= 0.6 is 0 Å². The minimum Gasteiger partial charge on any atom is -0.464 e. The number of unbranched alkanes of at least 4 members (excludes halogenated alkanes) is 8. The summed E-state index contributed by atoms with van der Waals surface area (Å²) in [6.45, 7) is 4.69. The highest BCUT2D eigenvalue weighted by Gasteiger charge is 2.19. The van der Waals surface area contributed by atoms with Crippen LogP contribution in [0.5, 0.6) is 0 Å². The van der Waals surface area contributed by atoms with Crippen molar-refractivity contribution in [3.05, 3.63) is 0 Å². The average Bonchev–Trinajstić information content (AvgIpc) is 2.66. The molecule has 0 aliphatic rings. The number of hydrogen-bond donors (Lipinski definition) is 0. The summed E-state index contributed by atoms with van der Waals surface area (Å²) in [6.07, 6.45) is 10.6. The van der Waals surface area contributed by atoms with E-state index in [1.54, 1.807) is 0 Å². The molecular formula is C21H40N2O5. The molecule has 0 aliphatic carbocycles. The zero-order chi connectivity index (χ0) is 21.2. The Labute approximate surface area is 170 Å². The van der Waals surface area contributed by atoms with Gasteiger partial charge in [0.05, 0.1) is 13.2 Å². The molecule has 0 unspecified atom stereocenters. The highest BCUT2D eigenvalue weighted by atomic mass is 16.6. The van der Waals surface area contributed by atoms with E-state index in [0.29, 0.717) is 13.2 Å². The molecule has 0 fully saturated rings. The van der Waals surface area contributed by atoms with Gasteiger partial charge in [-0.3, -0.25) is 9.59 Å². The summed E-state index contributed by atoms with van der Waals surface area (Å²) in [5, 5.41) is 0. The highest BCUT2D eigenvalue weighted by Crippen LogP contribution is 2.08. The van der Waals surface area contributed by atoms with E-state index in [1.807, 2.05) is 6.92 Å². The number of rotatable bonds is 16. The van der Waals surface area contributed by atoms with Crippen LogP contribution in [0.1, 0.15) is 78.1 Å². The summed E-state index contributed by atoms with van der Waals surface area (Å²) in [5.74, 6) is -0.758. The minimum absolute atomic E-state index is 0.116. The molecular weight excluding hydrogens is 360 g/mol. The van der Waals surface area contributed by atoms with Gasteiger partial charge in [0.2, 0.25) is 5.91 Å². The maximum absolute atomic E-state index is 12.1. The fourth-order valence-corrected chi connectivity index (χ4v) is 2.55. The second-order valence-corrected chi connectivity index (χ2v) is 7.27. The van der Waals surface area contributed by atoms with Crippen molar-refractivity contribution >= 4 is 18.0 Å². The highest BCUT2D eigenvalue weighted by molar-refractivity contribution is 5.85. The zero-order valence-corrected chi connectivity index (χ0v) is 18.3. The first-order chi connectivity index (χ1) is 13.4. The maximum atomic E-state index is 12.1. The second-order valence-electron chi connectivity index (χ2n) is 7.27. The number of hydrogen-bond acceptors (Lipinski definition) is 5. The Hall–Kier alpha value is -1.79. The summed E-state index contributed by atoms with van der Waals surface area (Å²) in [6, 6.07) is 0. The van der Waals surface area contributed by atoms with E-state index in [1.165, 1.54) is 62.4 Å². The van der Waals surface area contributed by atoms with E-state index >= 15 is 0 Å². The van der Waals surface area contributed by atoms with Crippen LogP contribution in [0, 0.1) is 0 Å². The summed E-state index contributed by atoms with van der Waals surface area (Å²) < 4.78 is 10.2. The van der Waals surface area contributed by atoms with Crippen molar-refractivity contribution in [2.75, 3.05) is 40.4 Å². The quantitative estimate of drug-likeness (QED) is 0.289. The fraction of sp³-hybridized carbons (Fsp3) is 0.857. The number of likely N-dealkylation sites (N-methyl/N-ethyl adjacent to an activating group) is 2. The van der Waals surface area contributed by atoms with Gasteiger partial charge in [-0.15, -0.1) is 0 Å². The Bertz CT molecular complexity index is 443. The van der Waals surface area contributed by atoms with Gasteiger partial charge in [-0.25, -0.2) is 4.79 Å². The normalized spacial score (nSPS) is 10.4. The molecule has 0 spiro atoms. The fourth-order valence-electron chi connectivity index (χ4n) is 2.55. The maximum Gasteiger partial charge on any atom is 0.409 e. The number of amides is 2. The Kier molecular flexibility index (Phi) is 16.2. The van der Waals surface area contributed by atoms with Gasteiger partial charge < -0.3 is 19.3 Å². The minimum atomic E-state index is -0.535. The largest absolute Gasteiger partial charge is 0.464 e. The first-order valence-corrected chi connectivity index (χ1v) is 10.7. The topological polar surface area (TPSA) is 76.2 Å². The molecule has 28 heavy (non-hydrogen) atoms. The lowest BCUT2D eigenvalue weighted by Crippen LogP contribution is -2.41. The van der Waals surface area contributed by atoms with Crippen LogP contribution in [0.3, 0.4) is 0 Å². The molecule has 164 valence electrons. The number of ether oxygens (including phenoxy) is 2. The predicted octanol–water partition coefficient (Wildman–Crippen LogP) is 4.00. The number of esters is 1. The molecule has 0 rings (SSSR count). The van der Waals surface area contributed by atoms with E-state index in [9.17, 15) is 14.4 Å². The molecule has 7 heteroatoms. The third-order valence-electron chi connectivity index (χ3n) is 4.46. The molecule has 0 aromatic heterocycles. The van der Waals surface area contributed by atoms with Gasteiger partial charge in [-0.05, 0) is 12.8 Å². The molecule has 2 amide bonds. The Morgan fingerprint density at radius 1 is 0.643 bits per heavy atom. The molecule has 0 radical (unpaired) electrons. The predicted molar refractivity (Wildman–Crippen MR) is 110 cm³/mol. The monoisotopic (exact) mass is 400 g/mol. The summed E-state index contributed by atoms with van der Waals surface area (Å²) >= 11 is 0. The van der Waals surface area contributed by atoms with Crippen LogP contribution in [0.2, 0.25) is 0 Å². The van der Waals surface area contributed by atoms with Crippen molar-refractivity contribution in [3.63, 3.8) is 0 Å². The van der Waals surface area contributed by atoms with E-state index < -0.39 is 12.1 Å². The molecule has 0 saturated carbocycles. The Morgan fingerprint density at radius 3 is 1.79 bits per heavy atom. The van der Waals surface area contributed by atoms with Crippen LogP contribution < -0.4 is 0 Å². The van der Waals surface area contributed by atoms with Crippen molar-refractivity contribution in [1.29, 1.82) is 0 Å². The van der Waals surface area contributed by atoms with Crippen LogP contribution in [-0.4, -0.2) is 68.2 Å². The number of carbonyl (C=O) groups excluding carboxylic acids is 3. The Morgan fingerprint density at radius 2 is 1.18 bits per heavy atom. The lowest BCUT2D eigenvalue weighted by molar-refractivity contribution is -0.148. The van der Waals surface area contributed by atoms with Crippen LogP contribution in [-0.2, 0) is 19.1 Å². The van der Waals surface area contributed by atoms with Crippen molar-refractivity contribution in [3.8, 4) is 0 Å². The molecule has 0 N–H and O–H groups in total. The van der Waals surface area contributed by atoms with E-state index in [2.05, 4.69) is 6.92 Å². The summed E-state index contributed by atoms with van der Waals surface area (Å²) in [4.78, 5) is 38.2. The van der Waals surface area contributed by atoms with Gasteiger partial charge in [0.1, 0.15) is 13.1 Å². The third-order valence-corrected chi connectivity index (χ3v) is 4.46. The first-order valence-electron chi connectivity index (χ1n) is 10.7. The lowest BCUT2D eigenvalue weighted by Gasteiger charge is -2.21. The molecule has 0 atom stereocenters. The van der Waals surface area contributed by atoms with Gasteiger partial charge in [0, 0.05) is 14.1 Å². The van der Waals surface area contributed by atoms with Gasteiger partial charge >= 0.3 is 12.1 Å². The van der Waals surface area contributed by atoms with E-state index in [4.69, 9.17) is 9.47 Å². The second kappa shape index (κ2) is 17.3. The molecule has 0 aromatic rings. The van der Waals surface area contributed by atoms with E-state index in [-0.39, 0.29) is 19.0 Å². The number of carbonyl (C=O) groups is 3. The van der Waals surface area contributed by atoms with E-state index in [0.717, 1.165) is 25.7 Å². The standard InChI is InChI=1S/C21H40N2O5/c1-5-7-9-10-11-12-13-14-16-27-20(25)18-22(3)19(24)17-23(4)21(26)28-15-8-6-2/h5-18H2,1-4H3. The van der Waals surface area contributed by atoms with Crippen molar-refractivity contribution < 1.29 is 23.9 Å². The first kappa shape index (κ1) is 26.2. The molecule has 7 nitrogen and oxygen atoms in total. The molecule has 0 aliphatic heterocycles. The lowest BCUT2D eigenvalue weighted by atomic mass is 10.1. The SMILES string of the molecule is CCCCCCCCCCOC(=O)CN(C)C(=O)CN(C)C(=O)OCCCC. The van der Waals surface area contributed by atoms with Crippen molar-refractivity contribution in [2.24, 2.45) is 0 Å². The van der Waals surface area contributed by atoms with Crippen LogP contribution in [0.4, 0.5) is 4.79 Å². The van der Waals surface area contributed by atoms with Gasteiger partial charge in [0.15, 0.2) is 0 Å². The summed E-state index contributed by atoms with van der Waals surface area (Å²) in [5.41, 5.74) is 0. The smallest absolute Gasteiger partial charge is 0.409 e. The molecule has 0 bridgehead atoms. The van der Waals surface area contributed by atoms with Gasteiger partial charge in [-0.1, -0.05) is 65.2 Å². The average molecular weight is 401 g/mol. The molecule has 0 saturated heterocycles. The van der Waals surface area contributed by atoms with Gasteiger partial charge in [0.25, 0.3) is 0 Å². The third kappa shape index (κ3) is 14.3. The number of nitrogens with zero attached hydrogens (tertiary/aromatic N) is 2. The van der Waals surface area contributed by atoms with Gasteiger partial charge in [-0.2, -0.15) is 0 Å². The van der Waals surface area contributed by atoms with Crippen LogP contribution in [0.25, 0.3) is 0 Å². The molecule has 0 heterocycles. The van der Waals surface area contributed by atoms with Crippen LogP contribution in [0.15, 0.2) is 0 Å². The Balaban J connectivity index is 3.83. The van der Waals surface area contributed by atoms with Crippen molar-refractivity contribution in [2.45, 2.75) is 78.1 Å².